The summed E-state index contributed by atoms with van der Waals surface area (Å²) in [5.74, 6) is 1.76. The molecule has 0 atom stereocenters. The third kappa shape index (κ3) is 5.73. The van der Waals surface area contributed by atoms with Gasteiger partial charge in [-0.15, -0.1) is 12.4 Å². The number of fused-ring (bicyclic) bond motifs is 2. The van der Waals surface area contributed by atoms with E-state index in [9.17, 15) is 13.2 Å². The minimum atomic E-state index is -3.76. The second-order valence-corrected chi connectivity index (χ2v) is 11.6. The van der Waals surface area contributed by atoms with Crippen LogP contribution in [-0.2, 0) is 27.0 Å². The molecule has 7 nitrogen and oxygen atoms in total. The maximum absolute atomic E-state index is 13.7. The summed E-state index contributed by atoms with van der Waals surface area (Å²) in [5.41, 5.74) is 1.85. The minimum Gasteiger partial charge on any atom is -0.336 e. The first-order valence-corrected chi connectivity index (χ1v) is 13.6. The largest absolute Gasteiger partial charge is 0.336 e. The van der Waals surface area contributed by atoms with Gasteiger partial charge in [-0.1, -0.05) is 38.1 Å². The normalized spacial score (nSPS) is 25.7. The maximum Gasteiger partial charge on any atom is 0.274 e. The van der Waals surface area contributed by atoms with Crippen LogP contribution in [0.3, 0.4) is 0 Å². The number of hydrogen-bond acceptors (Lipinski definition) is 4. The second kappa shape index (κ2) is 10.6. The van der Waals surface area contributed by atoms with Crippen molar-refractivity contribution in [3.8, 4) is 0 Å². The van der Waals surface area contributed by atoms with Crippen molar-refractivity contribution in [2.75, 3.05) is 26.2 Å². The molecular weight excluding hydrogens is 460 g/mol. The molecule has 1 aliphatic carbocycles. The van der Waals surface area contributed by atoms with Crippen molar-refractivity contribution >= 4 is 28.5 Å². The van der Waals surface area contributed by atoms with E-state index in [1.807, 2.05) is 17.0 Å². The summed E-state index contributed by atoms with van der Waals surface area (Å²) in [7, 11) is -3.76. The number of hydrogen-bond donors (Lipinski definition) is 2. The summed E-state index contributed by atoms with van der Waals surface area (Å²) in [4.78, 5) is 18.2. The Kier molecular flexibility index (Phi) is 8.49. The summed E-state index contributed by atoms with van der Waals surface area (Å²) in [5, 5.41) is 5.06. The number of nitrogens with two attached hydrogens (primary N) is 1. The van der Waals surface area contributed by atoms with E-state index < -0.39 is 15.6 Å². The van der Waals surface area contributed by atoms with Crippen molar-refractivity contribution in [1.82, 2.24) is 14.5 Å². The maximum atomic E-state index is 13.7. The molecule has 1 saturated carbocycles. The summed E-state index contributed by atoms with van der Waals surface area (Å²) < 4.78 is 24.8. The Morgan fingerprint density at radius 3 is 2.36 bits per heavy atom. The van der Waals surface area contributed by atoms with Gasteiger partial charge in [0.1, 0.15) is 0 Å². The molecule has 0 aromatic heterocycles. The highest BCUT2D eigenvalue weighted by molar-refractivity contribution is 7.87. The molecule has 9 heteroatoms. The predicted molar refractivity (Wildman–Crippen MR) is 133 cm³/mol. The highest BCUT2D eigenvalue weighted by atomic mass is 35.5. The van der Waals surface area contributed by atoms with E-state index in [4.69, 9.17) is 5.14 Å². The zero-order valence-electron chi connectivity index (χ0n) is 19.8. The van der Waals surface area contributed by atoms with Crippen molar-refractivity contribution in [3.05, 3.63) is 35.4 Å². The van der Waals surface area contributed by atoms with Gasteiger partial charge in [-0.3, -0.25) is 4.79 Å². The fourth-order valence-electron chi connectivity index (χ4n) is 6.21. The lowest BCUT2D eigenvalue weighted by Gasteiger charge is -2.49. The van der Waals surface area contributed by atoms with E-state index in [-0.39, 0.29) is 24.9 Å². The lowest BCUT2D eigenvalue weighted by atomic mass is 9.67. The van der Waals surface area contributed by atoms with E-state index in [0.29, 0.717) is 19.1 Å². The van der Waals surface area contributed by atoms with Crippen molar-refractivity contribution < 1.29 is 13.2 Å². The Labute approximate surface area is 205 Å². The first kappa shape index (κ1) is 26.4. The van der Waals surface area contributed by atoms with Gasteiger partial charge in [0.05, 0.1) is 5.41 Å². The molecule has 3 N–H and O–H groups in total. The smallest absolute Gasteiger partial charge is 0.274 e. The highest BCUT2D eigenvalue weighted by Gasteiger charge is 2.49. The van der Waals surface area contributed by atoms with Crippen LogP contribution in [0.25, 0.3) is 0 Å². The summed E-state index contributed by atoms with van der Waals surface area (Å²) >= 11 is 0. The third-order valence-electron chi connectivity index (χ3n) is 8.13. The van der Waals surface area contributed by atoms with Crippen molar-refractivity contribution in [2.24, 2.45) is 17.0 Å². The van der Waals surface area contributed by atoms with Gasteiger partial charge in [0.25, 0.3) is 10.2 Å². The number of rotatable bonds is 6. The van der Waals surface area contributed by atoms with Gasteiger partial charge in [-0.2, -0.15) is 8.42 Å². The molecule has 3 aliphatic rings. The molecule has 33 heavy (non-hydrogen) atoms. The molecule has 2 fully saturated rings. The average Bonchev–Trinajstić information content (AvgIpc) is 2.77. The molecule has 1 aromatic rings. The van der Waals surface area contributed by atoms with Gasteiger partial charge in [0, 0.05) is 25.7 Å². The average molecular weight is 499 g/mol. The first-order chi connectivity index (χ1) is 15.2. The van der Waals surface area contributed by atoms with Crippen LogP contribution in [-0.4, -0.2) is 56.3 Å². The van der Waals surface area contributed by atoms with Gasteiger partial charge in [-0.05, 0) is 74.6 Å². The summed E-state index contributed by atoms with van der Waals surface area (Å²) in [6.45, 7) is 7.55. The predicted octanol–water partition coefficient (Wildman–Crippen LogP) is 2.79. The number of nitrogens with zero attached hydrogens (tertiary/aromatic N) is 2. The fourth-order valence-corrected chi connectivity index (χ4v) is 6.59. The number of halogens is 1. The van der Waals surface area contributed by atoms with Gasteiger partial charge < -0.3 is 9.80 Å². The van der Waals surface area contributed by atoms with E-state index in [1.54, 1.807) is 0 Å². The van der Waals surface area contributed by atoms with Crippen LogP contribution >= 0.6 is 12.4 Å². The quantitative estimate of drug-likeness (QED) is 0.630. The van der Waals surface area contributed by atoms with Crippen LogP contribution < -0.4 is 9.86 Å². The molecule has 1 spiro atoms. The first-order valence-electron chi connectivity index (χ1n) is 12.1. The molecule has 2 aliphatic heterocycles. The number of carbonyl (C=O) groups excluding carboxylic acids is 1. The standard InChI is InChI=1S/C24H38N4O3S.ClH/c1-18(2)19-7-9-21(10-8-19)27-14-11-24(12-15-27)22-6-4-3-5-20(22)17-28(23(24)29)16-13-26-32(25,30)31;/h3-6,18-19,21,26H,7-17H2,1-2H3,(H2,25,30,31);1H. The van der Waals surface area contributed by atoms with Gasteiger partial charge in [0.15, 0.2) is 0 Å². The van der Waals surface area contributed by atoms with Crippen LogP contribution in [0.15, 0.2) is 24.3 Å². The molecular formula is C24H39ClN4O3S. The topological polar surface area (TPSA) is 95.7 Å². The molecule has 1 aromatic carbocycles. The number of amides is 1. The molecule has 0 bridgehead atoms. The Bertz CT molecular complexity index is 923. The van der Waals surface area contributed by atoms with E-state index >= 15 is 0 Å². The minimum absolute atomic E-state index is 0. The van der Waals surface area contributed by atoms with Crippen LogP contribution in [0.1, 0.15) is 63.5 Å². The van der Waals surface area contributed by atoms with Gasteiger partial charge >= 0.3 is 0 Å². The van der Waals surface area contributed by atoms with Crippen LogP contribution in [0.4, 0.5) is 0 Å². The zero-order chi connectivity index (χ0) is 22.9. The molecule has 2 heterocycles. The SMILES string of the molecule is CC(C)C1CCC(N2CCC3(CC2)C(=O)N(CCNS(N)(=O)=O)Cc2ccccc23)CC1.Cl. The Hall–Kier alpha value is -1.19. The van der Waals surface area contributed by atoms with Crippen LogP contribution in [0.2, 0.25) is 0 Å². The number of likely N-dealkylation sites (tertiary alicyclic amines) is 1. The molecule has 1 saturated heterocycles. The van der Waals surface area contributed by atoms with E-state index in [2.05, 4.69) is 35.6 Å². The Morgan fingerprint density at radius 2 is 1.76 bits per heavy atom. The lowest BCUT2D eigenvalue weighted by Crippen LogP contribution is -2.58. The molecule has 186 valence electrons. The summed E-state index contributed by atoms with van der Waals surface area (Å²) in [6.07, 6.45) is 6.82. The number of carbonyl (C=O) groups is 1. The fraction of sp³-hybridized carbons (Fsp3) is 0.708. The molecule has 0 unspecified atom stereocenters. The molecule has 1 amide bonds. The number of nitrogens with one attached hydrogen (secondary N) is 1. The van der Waals surface area contributed by atoms with Crippen molar-refractivity contribution in [3.63, 3.8) is 0 Å². The molecule has 4 rings (SSSR count). The van der Waals surface area contributed by atoms with Gasteiger partial charge in [0.2, 0.25) is 5.91 Å². The van der Waals surface area contributed by atoms with Crippen LogP contribution in [0.5, 0.6) is 0 Å². The Balaban J connectivity index is 0.00000306. The van der Waals surface area contributed by atoms with Gasteiger partial charge in [-0.25, -0.2) is 9.86 Å². The van der Waals surface area contributed by atoms with E-state index in [1.165, 1.54) is 36.8 Å². The number of benzene rings is 1. The van der Waals surface area contributed by atoms with Crippen molar-refractivity contribution in [2.45, 2.75) is 70.4 Å². The van der Waals surface area contributed by atoms with Crippen LogP contribution in [0, 0.1) is 11.8 Å². The summed E-state index contributed by atoms with van der Waals surface area (Å²) in [6, 6.07) is 8.92. The highest BCUT2D eigenvalue weighted by Crippen LogP contribution is 2.44. The van der Waals surface area contributed by atoms with E-state index in [0.717, 1.165) is 37.8 Å². The van der Waals surface area contributed by atoms with Crippen molar-refractivity contribution in [1.29, 1.82) is 0 Å². The third-order valence-corrected chi connectivity index (χ3v) is 8.73. The second-order valence-electron chi connectivity index (χ2n) is 10.3. The Morgan fingerprint density at radius 1 is 1.12 bits per heavy atom. The monoisotopic (exact) mass is 498 g/mol. The lowest BCUT2D eigenvalue weighted by molar-refractivity contribution is -0.142. The number of piperidine rings is 1. The zero-order valence-corrected chi connectivity index (χ0v) is 21.5. The molecule has 0 radical (unpaired) electrons.